The average molecular weight is 442 g/mol. The Morgan fingerprint density at radius 3 is 1.38 bits per heavy atom. The summed E-state index contributed by atoms with van der Waals surface area (Å²) in [6, 6.07) is 0. The van der Waals surface area contributed by atoms with E-state index in [0.717, 1.165) is 0 Å². The Hall–Kier alpha value is 1.60. The first-order valence-corrected chi connectivity index (χ1v) is 7.64. The Kier molecular flexibility index (Phi) is 24.3. The van der Waals surface area contributed by atoms with Gasteiger partial charge in [-0.25, -0.2) is 0 Å². The molecule has 0 spiro atoms. The predicted octanol–water partition coefficient (Wildman–Crippen LogP) is -1.69. The predicted molar refractivity (Wildman–Crippen MR) is 21.1 cm³/mol. The van der Waals surface area contributed by atoms with Crippen molar-refractivity contribution in [3.05, 3.63) is 0 Å². The third-order valence-corrected chi connectivity index (χ3v) is 3.00. The minimum absolute atomic E-state index is 1.66. The second-order valence-electron chi connectivity index (χ2n) is 0.314. The standard InChI is InChI=1S/5O.2Sb.Sn. The average Bonchev–Trinajstić information content (AvgIpc) is 1.71. The zero-order valence-electron chi connectivity index (χ0n) is 3.44. The van der Waals surface area contributed by atoms with E-state index in [-0.39, 0.29) is 0 Å². The van der Waals surface area contributed by atoms with Gasteiger partial charge in [0.15, 0.2) is 0 Å². The van der Waals surface area contributed by atoms with Gasteiger partial charge in [0.05, 0.1) is 0 Å². The zero-order chi connectivity index (χ0) is 6.83. The molecule has 0 fully saturated rings. The van der Waals surface area contributed by atoms with Crippen molar-refractivity contribution >= 4 is 65.2 Å². The fourth-order valence-electron chi connectivity index (χ4n) is 0.0136. The van der Waals surface area contributed by atoms with Gasteiger partial charge in [0.25, 0.3) is 0 Å². The Labute approximate surface area is 77.5 Å². The first kappa shape index (κ1) is 12.3. The van der Waals surface area contributed by atoms with Gasteiger partial charge in [0.1, 0.15) is 0 Å². The van der Waals surface area contributed by atoms with Gasteiger partial charge in [-0.1, -0.05) is 0 Å². The van der Waals surface area contributed by atoms with Gasteiger partial charge in [-0.2, -0.15) is 0 Å². The molecule has 0 amide bonds. The van der Waals surface area contributed by atoms with Crippen molar-refractivity contribution in [2.24, 2.45) is 0 Å². The van der Waals surface area contributed by atoms with Crippen LogP contribution in [0.5, 0.6) is 0 Å². The summed E-state index contributed by atoms with van der Waals surface area (Å²) in [4.78, 5) is 0. The van der Waals surface area contributed by atoms with E-state index in [1.54, 1.807) is 0 Å². The van der Waals surface area contributed by atoms with Gasteiger partial charge in [-0.05, 0) is 0 Å². The third kappa shape index (κ3) is 25.6. The van der Waals surface area contributed by atoms with Gasteiger partial charge in [-0.15, -0.1) is 0 Å². The van der Waals surface area contributed by atoms with E-state index in [1.807, 2.05) is 0 Å². The van der Waals surface area contributed by atoms with E-state index in [2.05, 4.69) is 1.29 Å². The van der Waals surface area contributed by atoms with E-state index >= 15 is 0 Å². The molecule has 0 aliphatic heterocycles. The van der Waals surface area contributed by atoms with E-state index in [1.165, 1.54) is 0 Å². The molecular weight excluding hydrogens is 442 g/mol. The monoisotopic (exact) mass is 442 g/mol. The number of hydrogen-bond acceptors (Lipinski definition) is 5. The Balaban J connectivity index is 0. The van der Waals surface area contributed by atoms with Crippen molar-refractivity contribution in [3.8, 4) is 0 Å². The molecule has 0 aromatic heterocycles. The van der Waals surface area contributed by atoms with Gasteiger partial charge in [0, 0.05) is 0 Å². The van der Waals surface area contributed by atoms with Crippen LogP contribution in [-0.2, 0) is 13.5 Å². The van der Waals surface area contributed by atoms with Crippen LogP contribution in [0.3, 0.4) is 0 Å². The summed E-state index contributed by atoms with van der Waals surface area (Å²) < 4.78 is 39.7. The maximum absolute atomic E-state index is 9.30. The molecule has 0 radical (unpaired) electrons. The second-order valence-corrected chi connectivity index (χ2v) is 5.23. The topological polar surface area (TPSA) is 77.5 Å². The Bertz CT molecular complexity index is 86.6. The van der Waals surface area contributed by atoms with Crippen LogP contribution in [-0.4, -0.2) is 65.2 Å². The fraction of sp³-hybridized carbons (Fsp3) is 0. The second kappa shape index (κ2) is 15.8. The summed E-state index contributed by atoms with van der Waals surface area (Å²) in [6.07, 6.45) is 0. The number of rotatable bonds is 2. The molecule has 0 bridgehead atoms. The first-order valence-electron chi connectivity index (χ1n) is 1.14. The maximum atomic E-state index is 9.30. The van der Waals surface area contributed by atoms with Crippen LogP contribution in [0.2, 0.25) is 0 Å². The molecule has 8 heavy (non-hydrogen) atoms. The Morgan fingerprint density at radius 2 is 1.38 bits per heavy atom. The van der Waals surface area contributed by atoms with Crippen molar-refractivity contribution in [2.75, 3.05) is 0 Å². The number of hydrogen-bond donors (Lipinski definition) is 0. The molecular formula is O5Sb2Sn. The molecule has 0 unspecified atom stereocenters. The molecule has 5 nitrogen and oxygen atoms in total. The summed E-state index contributed by atoms with van der Waals surface area (Å²) >= 11 is -5.58. The molecule has 44 valence electrons. The quantitative estimate of drug-likeness (QED) is 0.478. The molecule has 0 saturated heterocycles. The first-order chi connectivity index (χ1) is 3.83. The molecule has 0 heterocycles. The van der Waals surface area contributed by atoms with Crippen LogP contribution in [0.1, 0.15) is 0 Å². The van der Waals surface area contributed by atoms with Gasteiger partial charge in [-0.3, -0.25) is 0 Å². The summed E-state index contributed by atoms with van der Waals surface area (Å²) in [5.41, 5.74) is 0. The third-order valence-electron chi connectivity index (χ3n) is 0.0667. The Morgan fingerprint density at radius 1 is 1.12 bits per heavy atom. The molecule has 0 atom stereocenters. The minimum atomic E-state index is -2.27. The van der Waals surface area contributed by atoms with Crippen LogP contribution in [0.25, 0.3) is 0 Å². The van der Waals surface area contributed by atoms with Crippen molar-refractivity contribution in [2.45, 2.75) is 0 Å². The van der Waals surface area contributed by atoms with Crippen LogP contribution >= 0.6 is 0 Å². The van der Waals surface area contributed by atoms with Crippen LogP contribution in [0, 0.1) is 0 Å². The molecule has 0 aliphatic carbocycles. The summed E-state index contributed by atoms with van der Waals surface area (Å²) in [5.74, 6) is 0. The summed E-state index contributed by atoms with van der Waals surface area (Å²) in [7, 11) is 0. The van der Waals surface area contributed by atoms with Crippen LogP contribution in [0.4, 0.5) is 0 Å². The van der Waals surface area contributed by atoms with Gasteiger partial charge >= 0.3 is 78.7 Å². The van der Waals surface area contributed by atoms with E-state index in [9.17, 15) is 6.03 Å². The molecule has 0 rings (SSSR count). The molecule has 0 saturated carbocycles. The van der Waals surface area contributed by atoms with Crippen molar-refractivity contribution in [1.29, 1.82) is 0 Å². The zero-order valence-corrected chi connectivity index (χ0v) is 11.4. The van der Waals surface area contributed by atoms with Crippen molar-refractivity contribution in [3.63, 3.8) is 0 Å². The van der Waals surface area contributed by atoms with Gasteiger partial charge in [0.2, 0.25) is 0 Å². The van der Waals surface area contributed by atoms with Gasteiger partial charge < -0.3 is 0 Å². The van der Waals surface area contributed by atoms with E-state index < -0.39 is 65.2 Å². The van der Waals surface area contributed by atoms with Crippen molar-refractivity contribution < 1.29 is 13.5 Å². The van der Waals surface area contributed by atoms with Crippen LogP contribution < -0.4 is 0 Å². The van der Waals surface area contributed by atoms with E-state index in [0.29, 0.717) is 0 Å². The van der Waals surface area contributed by atoms with E-state index in [4.69, 9.17) is 6.15 Å². The van der Waals surface area contributed by atoms with Crippen molar-refractivity contribution in [1.82, 2.24) is 0 Å². The fourth-order valence-corrected chi connectivity index (χ4v) is 0.612. The normalized spacial score (nSPS) is 5.00. The molecule has 0 aliphatic rings. The summed E-state index contributed by atoms with van der Waals surface area (Å²) in [6.45, 7) is 0. The molecule has 0 aromatic carbocycles. The molecule has 0 aromatic rings. The molecule has 0 N–H and O–H groups in total. The summed E-state index contributed by atoms with van der Waals surface area (Å²) in [5, 5.41) is 0. The molecule has 8 heteroatoms. The van der Waals surface area contributed by atoms with Crippen LogP contribution in [0.15, 0.2) is 0 Å². The SMILES string of the molecule is [O]=[Sb][O][Sb]=[O].[O]=[Sn]=[O].